The fourth-order valence-corrected chi connectivity index (χ4v) is 3.20. The molecule has 0 aliphatic heterocycles. The molecule has 1 fully saturated rings. The van der Waals surface area contributed by atoms with Crippen molar-refractivity contribution >= 4 is 0 Å². The van der Waals surface area contributed by atoms with Crippen LogP contribution in [0.25, 0.3) is 0 Å². The molecule has 1 saturated carbocycles. The van der Waals surface area contributed by atoms with Gasteiger partial charge in [-0.15, -0.1) is 0 Å². The van der Waals surface area contributed by atoms with Gasteiger partial charge in [0.25, 0.3) is 22.7 Å². The Hall–Kier alpha value is -1.36. The second kappa shape index (κ2) is 3.14. The van der Waals surface area contributed by atoms with Crippen molar-refractivity contribution < 1.29 is 52.7 Å². The molecule has 0 aromatic carbocycles. The minimum Gasteiger partial charge on any atom is -0.228 e. The number of halogens is 12. The van der Waals surface area contributed by atoms with Gasteiger partial charge in [-0.05, 0) is 0 Å². The third kappa shape index (κ3) is 0.810. The van der Waals surface area contributed by atoms with Crippen LogP contribution in [0.1, 0.15) is 0 Å². The Balaban J connectivity index is 2.57. The van der Waals surface area contributed by atoms with E-state index in [4.69, 9.17) is 0 Å². The number of alkyl halides is 8. The molecule has 0 spiro atoms. The van der Waals surface area contributed by atoms with Gasteiger partial charge in [0.05, 0.1) is 0 Å². The van der Waals surface area contributed by atoms with Gasteiger partial charge < -0.3 is 0 Å². The van der Waals surface area contributed by atoms with Crippen LogP contribution in [0, 0.1) is 0 Å². The lowest BCUT2D eigenvalue weighted by molar-refractivity contribution is -0.228. The first-order valence-corrected chi connectivity index (χ1v) is 5.27. The molecule has 3 aliphatic carbocycles. The minimum atomic E-state index is -6.45. The zero-order valence-electron chi connectivity index (χ0n) is 9.54. The molecule has 0 saturated heterocycles. The van der Waals surface area contributed by atoms with Gasteiger partial charge in [-0.1, -0.05) is 0 Å². The Morgan fingerprint density at radius 3 is 1.27 bits per heavy atom. The first-order valence-electron chi connectivity index (χ1n) is 5.27. The van der Waals surface area contributed by atoms with Gasteiger partial charge in [0.1, 0.15) is 0 Å². The lowest BCUT2D eigenvalue weighted by atomic mass is 9.74. The standard InChI is InChI=1S/C10F12/c11-1-2(12)7(17)9(20)5(15,6(1,16)10(7,21)22)3(13)4(14)8(9,18)19. The van der Waals surface area contributed by atoms with Crippen molar-refractivity contribution in [1.82, 2.24) is 0 Å². The first-order chi connectivity index (χ1) is 9.63. The Morgan fingerprint density at radius 1 is 0.455 bits per heavy atom. The maximum atomic E-state index is 14.2. The van der Waals surface area contributed by atoms with Crippen molar-refractivity contribution in [3.8, 4) is 0 Å². The van der Waals surface area contributed by atoms with Gasteiger partial charge in [-0.2, -0.15) is 17.6 Å². The predicted molar refractivity (Wildman–Crippen MR) is 43.7 cm³/mol. The summed E-state index contributed by atoms with van der Waals surface area (Å²) in [5, 5.41) is 0. The molecule has 2 bridgehead atoms. The first kappa shape index (κ1) is 15.5. The van der Waals surface area contributed by atoms with Crippen molar-refractivity contribution in [3.05, 3.63) is 23.3 Å². The topological polar surface area (TPSA) is 0 Å². The summed E-state index contributed by atoms with van der Waals surface area (Å²) in [6.45, 7) is 0. The van der Waals surface area contributed by atoms with Crippen LogP contribution in [-0.4, -0.2) is 34.5 Å². The van der Waals surface area contributed by atoms with Gasteiger partial charge in [-0.25, -0.2) is 35.1 Å². The molecule has 0 radical (unpaired) electrons. The molecule has 22 heavy (non-hydrogen) atoms. The van der Waals surface area contributed by atoms with Gasteiger partial charge >= 0.3 is 11.8 Å². The third-order valence-electron chi connectivity index (χ3n) is 4.29. The molecule has 4 atom stereocenters. The van der Waals surface area contributed by atoms with Crippen molar-refractivity contribution in [2.75, 3.05) is 0 Å². The maximum absolute atomic E-state index is 14.2. The molecule has 0 heterocycles. The zero-order chi connectivity index (χ0) is 17.3. The van der Waals surface area contributed by atoms with E-state index in [0.29, 0.717) is 0 Å². The van der Waals surface area contributed by atoms with Gasteiger partial charge in [0.2, 0.25) is 5.83 Å². The average molecular weight is 348 g/mol. The highest BCUT2D eigenvalue weighted by Crippen LogP contribution is 2.83. The average Bonchev–Trinajstić information content (AvgIpc) is 2.65. The van der Waals surface area contributed by atoms with Crippen LogP contribution in [0.15, 0.2) is 23.3 Å². The van der Waals surface area contributed by atoms with Crippen molar-refractivity contribution in [2.24, 2.45) is 0 Å². The van der Waals surface area contributed by atoms with Gasteiger partial charge in [0.15, 0.2) is 17.5 Å². The van der Waals surface area contributed by atoms with Crippen LogP contribution < -0.4 is 0 Å². The number of fused-ring (bicyclic) bond motifs is 5. The number of hydrogen-bond acceptors (Lipinski definition) is 0. The molecule has 12 heteroatoms. The second-order valence-electron chi connectivity index (χ2n) is 5.04. The SMILES string of the molecule is FC1=C(F)C2(F)C3(F)C(F)=C(F)C(F)(C3(F)F)C2(F)C1(F)F. The molecular formula is C10F12. The smallest absolute Gasteiger partial charge is 0.228 e. The van der Waals surface area contributed by atoms with Crippen LogP contribution in [-0.2, 0) is 0 Å². The van der Waals surface area contributed by atoms with E-state index in [1.807, 2.05) is 0 Å². The Morgan fingerprint density at radius 2 is 0.818 bits per heavy atom. The molecule has 3 aliphatic rings. The van der Waals surface area contributed by atoms with E-state index in [-0.39, 0.29) is 0 Å². The fourth-order valence-electron chi connectivity index (χ4n) is 3.20. The predicted octanol–water partition coefficient (Wildman–Crippen LogP) is 4.43. The van der Waals surface area contributed by atoms with Crippen LogP contribution in [0.2, 0.25) is 0 Å². The van der Waals surface area contributed by atoms with Crippen LogP contribution in [0.4, 0.5) is 52.7 Å². The lowest BCUT2D eigenvalue weighted by Crippen LogP contribution is -2.67. The van der Waals surface area contributed by atoms with E-state index in [0.717, 1.165) is 0 Å². The summed E-state index contributed by atoms with van der Waals surface area (Å²) in [5.41, 5.74) is -25.0. The van der Waals surface area contributed by atoms with E-state index in [9.17, 15) is 52.7 Å². The van der Waals surface area contributed by atoms with Crippen molar-refractivity contribution in [1.29, 1.82) is 0 Å². The molecular weight excluding hydrogens is 348 g/mol. The molecule has 0 nitrogen and oxygen atoms in total. The van der Waals surface area contributed by atoms with Crippen molar-refractivity contribution in [3.63, 3.8) is 0 Å². The van der Waals surface area contributed by atoms with E-state index in [1.165, 1.54) is 0 Å². The van der Waals surface area contributed by atoms with Gasteiger partial charge in [-0.3, -0.25) is 0 Å². The maximum Gasteiger partial charge on any atom is 0.342 e. The van der Waals surface area contributed by atoms with Crippen LogP contribution in [0.3, 0.4) is 0 Å². The van der Waals surface area contributed by atoms with Crippen LogP contribution >= 0.6 is 0 Å². The molecule has 3 rings (SSSR count). The Labute approximate surface area is 112 Å². The largest absolute Gasteiger partial charge is 0.342 e. The summed E-state index contributed by atoms with van der Waals surface area (Å²) in [4.78, 5) is 0. The quantitative estimate of drug-likeness (QED) is 0.568. The van der Waals surface area contributed by atoms with Gasteiger partial charge in [0, 0.05) is 0 Å². The molecule has 124 valence electrons. The number of hydrogen-bond donors (Lipinski definition) is 0. The number of allylic oxidation sites excluding steroid dienone is 4. The molecule has 0 N–H and O–H groups in total. The molecule has 0 aromatic heterocycles. The minimum absolute atomic E-state index is 3.66. The summed E-state index contributed by atoms with van der Waals surface area (Å²) in [6, 6.07) is 0. The third-order valence-corrected chi connectivity index (χ3v) is 4.29. The van der Waals surface area contributed by atoms with E-state index in [1.54, 1.807) is 0 Å². The molecule has 0 aromatic rings. The summed E-state index contributed by atoms with van der Waals surface area (Å²) < 4.78 is 163. The highest BCUT2D eigenvalue weighted by atomic mass is 19.3. The van der Waals surface area contributed by atoms with E-state index >= 15 is 0 Å². The Kier molecular flexibility index (Phi) is 2.21. The lowest BCUT2D eigenvalue weighted by Gasteiger charge is -2.40. The normalized spacial score (nSPS) is 51.8. The summed E-state index contributed by atoms with van der Waals surface area (Å²) in [6.07, 6.45) is 0. The van der Waals surface area contributed by atoms with Crippen molar-refractivity contribution in [2.45, 2.75) is 34.5 Å². The fraction of sp³-hybridized carbons (Fsp3) is 0.600. The molecule has 4 unspecified atom stereocenters. The highest BCUT2D eigenvalue weighted by Gasteiger charge is 3.10. The summed E-state index contributed by atoms with van der Waals surface area (Å²) in [5.74, 6) is -27.7. The summed E-state index contributed by atoms with van der Waals surface area (Å²) in [7, 11) is 0. The van der Waals surface area contributed by atoms with Crippen LogP contribution in [0.5, 0.6) is 0 Å². The number of rotatable bonds is 0. The van der Waals surface area contributed by atoms with E-state index in [2.05, 4.69) is 0 Å². The highest BCUT2D eigenvalue weighted by molar-refractivity contribution is 5.65. The van der Waals surface area contributed by atoms with E-state index < -0.39 is 57.8 Å². The summed E-state index contributed by atoms with van der Waals surface area (Å²) >= 11 is 0. The zero-order valence-corrected chi connectivity index (χ0v) is 9.54. The molecule has 0 amide bonds. The second-order valence-corrected chi connectivity index (χ2v) is 5.04. The monoisotopic (exact) mass is 348 g/mol. The Bertz CT molecular complexity index is 677.